The van der Waals surface area contributed by atoms with E-state index in [-0.39, 0.29) is 41.3 Å². The Kier molecular flexibility index (Phi) is 4.65. The number of carbonyl (C=O) groups excluding carboxylic acids is 2. The van der Waals surface area contributed by atoms with Crippen molar-refractivity contribution in [2.45, 2.75) is 53.6 Å². The Morgan fingerprint density at radius 1 is 1.43 bits per heavy atom. The SMILES string of the molecule is C=C(C)CC1=C(C)[C@@H](OC(=O)[C@@H]2[C@@H](/C=C(\C)F)C2(C)C)CC1=O. The van der Waals surface area contributed by atoms with Crippen LogP contribution >= 0.6 is 0 Å². The predicted molar refractivity (Wildman–Crippen MR) is 87.3 cm³/mol. The molecule has 0 aliphatic heterocycles. The molecule has 1 saturated carbocycles. The molecule has 3 atom stereocenters. The monoisotopic (exact) mass is 320 g/mol. The number of hydrogen-bond acceptors (Lipinski definition) is 3. The third-order valence-electron chi connectivity index (χ3n) is 4.98. The van der Waals surface area contributed by atoms with E-state index in [2.05, 4.69) is 6.58 Å². The number of carbonyl (C=O) groups is 2. The number of ketones is 1. The van der Waals surface area contributed by atoms with Gasteiger partial charge in [-0.15, -0.1) is 0 Å². The van der Waals surface area contributed by atoms with Crippen LogP contribution in [0.25, 0.3) is 0 Å². The maximum Gasteiger partial charge on any atom is 0.310 e. The second-order valence-electron chi connectivity index (χ2n) is 7.43. The van der Waals surface area contributed by atoms with Crippen molar-refractivity contribution < 1.29 is 18.7 Å². The fourth-order valence-electron chi connectivity index (χ4n) is 3.43. The fraction of sp³-hybridized carbons (Fsp3) is 0.579. The number of Topliss-reactive ketones (excluding diaryl/α,β-unsaturated/α-hetero) is 1. The van der Waals surface area contributed by atoms with E-state index in [0.29, 0.717) is 12.0 Å². The quantitative estimate of drug-likeness (QED) is 0.560. The van der Waals surface area contributed by atoms with Crippen LogP contribution in [-0.2, 0) is 14.3 Å². The Labute approximate surface area is 137 Å². The summed E-state index contributed by atoms with van der Waals surface area (Å²) >= 11 is 0. The largest absolute Gasteiger partial charge is 0.457 e. The fourth-order valence-corrected chi connectivity index (χ4v) is 3.43. The van der Waals surface area contributed by atoms with Gasteiger partial charge in [0.15, 0.2) is 5.78 Å². The number of hydrogen-bond donors (Lipinski definition) is 0. The summed E-state index contributed by atoms with van der Waals surface area (Å²) in [5.41, 5.74) is 2.14. The molecule has 1 fully saturated rings. The molecular weight excluding hydrogens is 295 g/mol. The molecule has 0 bridgehead atoms. The van der Waals surface area contributed by atoms with Gasteiger partial charge in [0, 0.05) is 5.57 Å². The number of rotatable bonds is 5. The summed E-state index contributed by atoms with van der Waals surface area (Å²) in [5.74, 6) is -1.09. The molecule has 0 aromatic carbocycles. The molecule has 0 aromatic heterocycles. The number of allylic oxidation sites excluding steroid dienone is 4. The molecule has 3 nitrogen and oxygen atoms in total. The van der Waals surface area contributed by atoms with Crippen molar-refractivity contribution in [3.05, 3.63) is 35.2 Å². The first-order valence-electron chi connectivity index (χ1n) is 7.97. The van der Waals surface area contributed by atoms with Crippen LogP contribution in [0.15, 0.2) is 35.2 Å². The molecular formula is C19H25FO3. The van der Waals surface area contributed by atoms with Crippen LogP contribution < -0.4 is 0 Å². The summed E-state index contributed by atoms with van der Waals surface area (Å²) in [6.45, 7) is 12.8. The van der Waals surface area contributed by atoms with Crippen LogP contribution in [0.1, 0.15) is 47.5 Å². The summed E-state index contributed by atoms with van der Waals surface area (Å²) in [4.78, 5) is 24.5. The maximum absolute atomic E-state index is 13.1. The van der Waals surface area contributed by atoms with Gasteiger partial charge in [-0.1, -0.05) is 26.0 Å². The average molecular weight is 320 g/mol. The zero-order chi connectivity index (χ0) is 17.5. The molecule has 23 heavy (non-hydrogen) atoms. The lowest BCUT2D eigenvalue weighted by atomic mass is 10.0. The maximum atomic E-state index is 13.1. The third kappa shape index (κ3) is 3.46. The van der Waals surface area contributed by atoms with E-state index in [4.69, 9.17) is 4.74 Å². The minimum absolute atomic E-state index is 0.0226. The van der Waals surface area contributed by atoms with Gasteiger partial charge in [-0.05, 0) is 50.2 Å². The van der Waals surface area contributed by atoms with Crippen molar-refractivity contribution in [1.29, 1.82) is 0 Å². The number of halogens is 1. The first-order chi connectivity index (χ1) is 10.6. The second kappa shape index (κ2) is 6.06. The molecule has 4 heteroatoms. The van der Waals surface area contributed by atoms with Crippen LogP contribution in [0.5, 0.6) is 0 Å². The Balaban J connectivity index is 2.08. The zero-order valence-electron chi connectivity index (χ0n) is 14.5. The third-order valence-corrected chi connectivity index (χ3v) is 4.98. The predicted octanol–water partition coefficient (Wildman–Crippen LogP) is 4.30. The van der Waals surface area contributed by atoms with Crippen molar-refractivity contribution >= 4 is 11.8 Å². The van der Waals surface area contributed by atoms with Gasteiger partial charge in [0.05, 0.1) is 18.2 Å². The van der Waals surface area contributed by atoms with Gasteiger partial charge in [0.25, 0.3) is 0 Å². The standard InChI is InChI=1S/C19H25FO3/c1-10(2)7-13-12(4)16(9-15(13)21)23-18(22)17-14(8-11(3)20)19(17,5)6/h8,14,16-17H,1,7,9H2,2-6H3/b11-8+/t14-,16+,17+/m1/s1. The molecule has 2 aliphatic rings. The van der Waals surface area contributed by atoms with Gasteiger partial charge in [-0.25, -0.2) is 4.39 Å². The highest BCUT2D eigenvalue weighted by atomic mass is 19.1. The average Bonchev–Trinajstić information content (AvgIpc) is 2.83. The highest BCUT2D eigenvalue weighted by molar-refractivity contribution is 6.00. The molecule has 0 radical (unpaired) electrons. The zero-order valence-corrected chi connectivity index (χ0v) is 14.5. The molecule has 2 aliphatic carbocycles. The van der Waals surface area contributed by atoms with E-state index in [9.17, 15) is 14.0 Å². The molecule has 126 valence electrons. The molecule has 0 saturated heterocycles. The Bertz CT molecular complexity index is 621. The van der Waals surface area contributed by atoms with Gasteiger partial charge in [0.2, 0.25) is 0 Å². The molecule has 0 aromatic rings. The summed E-state index contributed by atoms with van der Waals surface area (Å²) in [5, 5.41) is 0. The van der Waals surface area contributed by atoms with Crippen LogP contribution in [0.3, 0.4) is 0 Å². The van der Waals surface area contributed by atoms with Crippen molar-refractivity contribution in [3.8, 4) is 0 Å². The molecule has 2 rings (SSSR count). The van der Waals surface area contributed by atoms with Crippen molar-refractivity contribution in [3.63, 3.8) is 0 Å². The first-order valence-corrected chi connectivity index (χ1v) is 7.97. The van der Waals surface area contributed by atoms with Crippen LogP contribution in [0, 0.1) is 17.3 Å². The first kappa shape index (κ1) is 17.6. The highest BCUT2D eigenvalue weighted by Gasteiger charge is 2.62. The number of ether oxygens (including phenoxy) is 1. The minimum atomic E-state index is -0.489. The van der Waals surface area contributed by atoms with Gasteiger partial charge in [-0.3, -0.25) is 9.59 Å². The van der Waals surface area contributed by atoms with E-state index in [1.807, 2.05) is 27.7 Å². The van der Waals surface area contributed by atoms with Crippen LogP contribution in [0.4, 0.5) is 4.39 Å². The van der Waals surface area contributed by atoms with Gasteiger partial charge in [0.1, 0.15) is 6.10 Å². The highest BCUT2D eigenvalue weighted by Crippen LogP contribution is 2.60. The lowest BCUT2D eigenvalue weighted by Gasteiger charge is -2.14. The lowest BCUT2D eigenvalue weighted by molar-refractivity contribution is -0.150. The Morgan fingerprint density at radius 3 is 2.57 bits per heavy atom. The van der Waals surface area contributed by atoms with Gasteiger partial charge >= 0.3 is 5.97 Å². The van der Waals surface area contributed by atoms with Crippen molar-refractivity contribution in [2.75, 3.05) is 0 Å². The minimum Gasteiger partial charge on any atom is -0.457 e. The smallest absolute Gasteiger partial charge is 0.310 e. The Morgan fingerprint density at radius 2 is 2.04 bits per heavy atom. The molecule has 0 N–H and O–H groups in total. The van der Waals surface area contributed by atoms with E-state index in [0.717, 1.165) is 11.1 Å². The molecule has 0 heterocycles. The van der Waals surface area contributed by atoms with Crippen LogP contribution in [-0.4, -0.2) is 17.9 Å². The van der Waals surface area contributed by atoms with Crippen molar-refractivity contribution in [2.24, 2.45) is 17.3 Å². The normalized spacial score (nSPS) is 29.7. The van der Waals surface area contributed by atoms with Crippen LogP contribution in [0.2, 0.25) is 0 Å². The Hall–Kier alpha value is -1.71. The van der Waals surface area contributed by atoms with Gasteiger partial charge < -0.3 is 4.74 Å². The summed E-state index contributed by atoms with van der Waals surface area (Å²) < 4.78 is 18.7. The summed E-state index contributed by atoms with van der Waals surface area (Å²) in [6, 6.07) is 0. The topological polar surface area (TPSA) is 43.4 Å². The van der Waals surface area contributed by atoms with E-state index < -0.39 is 6.10 Å². The second-order valence-corrected chi connectivity index (χ2v) is 7.43. The summed E-state index contributed by atoms with van der Waals surface area (Å²) in [7, 11) is 0. The van der Waals surface area contributed by atoms with E-state index in [1.165, 1.54) is 13.0 Å². The lowest BCUT2D eigenvalue weighted by Crippen LogP contribution is -2.20. The van der Waals surface area contributed by atoms with Gasteiger partial charge in [-0.2, -0.15) is 0 Å². The van der Waals surface area contributed by atoms with E-state index in [1.54, 1.807) is 0 Å². The molecule has 0 amide bonds. The summed E-state index contributed by atoms with van der Waals surface area (Å²) in [6.07, 6.45) is 1.73. The molecule has 0 spiro atoms. The van der Waals surface area contributed by atoms with Crippen molar-refractivity contribution in [1.82, 2.24) is 0 Å². The number of esters is 1. The molecule has 0 unspecified atom stereocenters. The van der Waals surface area contributed by atoms with E-state index >= 15 is 0 Å².